The van der Waals surface area contributed by atoms with E-state index in [1.807, 2.05) is 25.7 Å². The summed E-state index contributed by atoms with van der Waals surface area (Å²) in [7, 11) is 0. The first-order valence-electron chi connectivity index (χ1n) is 12.9. The highest BCUT2D eigenvalue weighted by molar-refractivity contribution is 7.10. The van der Waals surface area contributed by atoms with Crippen LogP contribution in [-0.4, -0.2) is 67.0 Å². The molecule has 3 aromatic rings. The smallest absolute Gasteiger partial charge is 0.434 e. The Kier molecular flexibility index (Phi) is 9.41. The van der Waals surface area contributed by atoms with Crippen molar-refractivity contribution < 1.29 is 32.5 Å². The van der Waals surface area contributed by atoms with E-state index in [4.69, 9.17) is 9.47 Å². The van der Waals surface area contributed by atoms with E-state index < -0.39 is 29.8 Å². The molecular formula is C26H32F3N7O4S. The number of likely N-dealkylation sites (tertiary alicyclic amines) is 1. The normalized spacial score (nSPS) is 17.2. The van der Waals surface area contributed by atoms with Crippen molar-refractivity contribution in [3.05, 3.63) is 47.7 Å². The zero-order chi connectivity index (χ0) is 29.8. The Hall–Kier alpha value is -3.40. The van der Waals surface area contributed by atoms with Crippen molar-refractivity contribution in [3.63, 3.8) is 0 Å². The summed E-state index contributed by atoms with van der Waals surface area (Å²) in [6.45, 7) is 9.12. The highest BCUT2D eigenvalue weighted by Crippen LogP contribution is 2.30. The van der Waals surface area contributed by atoms with Crippen molar-refractivity contribution >= 4 is 33.9 Å². The molecule has 4 rings (SSSR count). The first-order chi connectivity index (χ1) is 19.3. The van der Waals surface area contributed by atoms with Crippen molar-refractivity contribution in [1.82, 2.24) is 24.2 Å². The van der Waals surface area contributed by atoms with E-state index in [2.05, 4.69) is 30.0 Å². The zero-order valence-electron chi connectivity index (χ0n) is 23.0. The topological polar surface area (TPSA) is 135 Å². The molecule has 0 aromatic carbocycles. The van der Waals surface area contributed by atoms with Crippen LogP contribution in [0.15, 0.2) is 30.7 Å². The number of ether oxygens (including phenoxy) is 2. The van der Waals surface area contributed by atoms with Gasteiger partial charge in [0, 0.05) is 25.1 Å². The first kappa shape index (κ1) is 30.6. The van der Waals surface area contributed by atoms with Crippen molar-refractivity contribution in [3.8, 4) is 5.88 Å². The van der Waals surface area contributed by atoms with Gasteiger partial charge >= 0.3 is 6.18 Å². The number of nitrogens with one attached hydrogen (secondary N) is 2. The van der Waals surface area contributed by atoms with Gasteiger partial charge in [-0.2, -0.15) is 17.5 Å². The molecule has 1 amide bonds. The fourth-order valence-electron chi connectivity index (χ4n) is 4.14. The number of aliphatic hydroxyl groups excluding tert-OH is 1. The van der Waals surface area contributed by atoms with E-state index >= 15 is 0 Å². The monoisotopic (exact) mass is 595 g/mol. The van der Waals surface area contributed by atoms with Gasteiger partial charge in [0.05, 0.1) is 47.7 Å². The zero-order valence-corrected chi connectivity index (χ0v) is 23.8. The maximum Gasteiger partial charge on any atom is 0.434 e. The number of pyridine rings is 1. The average Bonchev–Trinajstić information content (AvgIpc) is 3.27. The Bertz CT molecular complexity index is 1310. The van der Waals surface area contributed by atoms with E-state index in [9.17, 15) is 23.1 Å². The van der Waals surface area contributed by atoms with Gasteiger partial charge in [0.25, 0.3) is 5.91 Å². The Labute approximate surface area is 239 Å². The van der Waals surface area contributed by atoms with Gasteiger partial charge in [-0.1, -0.05) is 0 Å². The number of carbonyl (C=O) groups excluding carboxylic acids is 1. The number of amides is 1. The molecule has 222 valence electrons. The SMILES string of the molecule is Cc1nsc(Nc2cnc(C(F)(F)F)cn2)c1C(=O)Nc1ccc(OCC2CCCN(C(O)OC(C)(C)C)C2)nc1. The lowest BCUT2D eigenvalue weighted by molar-refractivity contribution is -0.245. The molecule has 1 saturated heterocycles. The minimum atomic E-state index is -4.60. The van der Waals surface area contributed by atoms with Crippen LogP contribution in [0.3, 0.4) is 0 Å². The Morgan fingerprint density at radius 2 is 1.98 bits per heavy atom. The quantitative estimate of drug-likeness (QED) is 0.295. The molecule has 15 heteroatoms. The number of aromatic nitrogens is 4. The van der Waals surface area contributed by atoms with E-state index in [0.717, 1.165) is 37.1 Å². The van der Waals surface area contributed by atoms with Crippen LogP contribution in [0.25, 0.3) is 0 Å². The molecule has 11 nitrogen and oxygen atoms in total. The summed E-state index contributed by atoms with van der Waals surface area (Å²) in [5, 5.41) is 16.3. The summed E-state index contributed by atoms with van der Waals surface area (Å²) in [5.41, 5.74) is -0.508. The molecule has 2 unspecified atom stereocenters. The minimum absolute atomic E-state index is 0.0381. The lowest BCUT2D eigenvalue weighted by Gasteiger charge is -2.37. The molecule has 0 radical (unpaired) electrons. The number of aryl methyl sites for hydroxylation is 1. The van der Waals surface area contributed by atoms with Gasteiger partial charge in [-0.25, -0.2) is 15.0 Å². The predicted molar refractivity (Wildman–Crippen MR) is 146 cm³/mol. The molecule has 1 aliphatic rings. The third-order valence-electron chi connectivity index (χ3n) is 6.06. The number of anilines is 3. The van der Waals surface area contributed by atoms with Crippen LogP contribution < -0.4 is 15.4 Å². The predicted octanol–water partition coefficient (Wildman–Crippen LogP) is 4.83. The van der Waals surface area contributed by atoms with E-state index in [-0.39, 0.29) is 17.3 Å². The molecule has 4 heterocycles. The van der Waals surface area contributed by atoms with Crippen LogP contribution in [-0.2, 0) is 10.9 Å². The highest BCUT2D eigenvalue weighted by atomic mass is 32.1. The van der Waals surface area contributed by atoms with Crippen molar-refractivity contribution in [1.29, 1.82) is 0 Å². The Morgan fingerprint density at radius 3 is 2.61 bits per heavy atom. The van der Waals surface area contributed by atoms with Gasteiger partial charge in [-0.15, -0.1) is 0 Å². The van der Waals surface area contributed by atoms with E-state index in [1.165, 1.54) is 6.20 Å². The molecule has 41 heavy (non-hydrogen) atoms. The first-order valence-corrected chi connectivity index (χ1v) is 13.7. The number of halogens is 3. The second-order valence-corrected chi connectivity index (χ2v) is 11.4. The maximum absolute atomic E-state index is 13.0. The molecule has 3 aromatic heterocycles. The average molecular weight is 596 g/mol. The van der Waals surface area contributed by atoms with Crippen LogP contribution in [0.2, 0.25) is 0 Å². The summed E-state index contributed by atoms with van der Waals surface area (Å²) >= 11 is 0.972. The number of rotatable bonds is 9. The van der Waals surface area contributed by atoms with Gasteiger partial charge in [-0.3, -0.25) is 9.69 Å². The minimum Gasteiger partial charge on any atom is -0.477 e. The lowest BCUT2D eigenvalue weighted by atomic mass is 9.99. The molecule has 3 N–H and O–H groups in total. The lowest BCUT2D eigenvalue weighted by Crippen LogP contribution is -2.47. The van der Waals surface area contributed by atoms with Crippen LogP contribution in [0.4, 0.5) is 29.7 Å². The third-order valence-corrected chi connectivity index (χ3v) is 6.91. The Balaban J connectivity index is 1.31. The van der Waals surface area contributed by atoms with Gasteiger partial charge < -0.3 is 25.2 Å². The number of nitrogens with zero attached hydrogens (tertiary/aromatic N) is 5. The number of hydrogen-bond acceptors (Lipinski definition) is 11. The second kappa shape index (κ2) is 12.6. The third kappa shape index (κ3) is 8.55. The van der Waals surface area contributed by atoms with E-state index in [0.29, 0.717) is 41.6 Å². The van der Waals surface area contributed by atoms with Crippen LogP contribution >= 0.6 is 11.5 Å². The second-order valence-electron chi connectivity index (χ2n) is 10.6. The molecular weight excluding hydrogens is 563 g/mol. The van der Waals surface area contributed by atoms with Crippen LogP contribution in [0.5, 0.6) is 5.88 Å². The molecule has 1 fully saturated rings. The summed E-state index contributed by atoms with van der Waals surface area (Å²) < 4.78 is 54.0. The molecule has 2 atom stereocenters. The van der Waals surface area contributed by atoms with Crippen molar-refractivity contribution in [2.24, 2.45) is 5.92 Å². The highest BCUT2D eigenvalue weighted by Gasteiger charge is 2.33. The largest absolute Gasteiger partial charge is 0.477 e. The Morgan fingerprint density at radius 1 is 1.20 bits per heavy atom. The van der Waals surface area contributed by atoms with Gasteiger partial charge in [-0.05, 0) is 58.1 Å². The number of carbonyl (C=O) groups is 1. The molecule has 1 aliphatic heterocycles. The van der Waals surface area contributed by atoms with Gasteiger partial charge in [0.2, 0.25) is 12.3 Å². The number of aliphatic hydroxyl groups is 1. The number of alkyl halides is 3. The summed E-state index contributed by atoms with van der Waals surface area (Å²) in [6, 6.07) is 3.29. The number of piperidine rings is 1. The van der Waals surface area contributed by atoms with Gasteiger partial charge in [0.15, 0.2) is 5.69 Å². The summed E-state index contributed by atoms with van der Waals surface area (Å²) in [4.78, 5) is 26.3. The number of hydrogen-bond donors (Lipinski definition) is 3. The fourth-order valence-corrected chi connectivity index (χ4v) is 4.94. The van der Waals surface area contributed by atoms with E-state index in [1.54, 1.807) is 19.1 Å². The fraction of sp³-hybridized carbons (Fsp3) is 0.500. The van der Waals surface area contributed by atoms with Crippen molar-refractivity contribution in [2.75, 3.05) is 30.3 Å². The molecule has 0 saturated carbocycles. The summed E-state index contributed by atoms with van der Waals surface area (Å²) in [6.07, 6.45) is -0.695. The summed E-state index contributed by atoms with van der Waals surface area (Å²) in [5.74, 6) is 0.143. The van der Waals surface area contributed by atoms with Gasteiger partial charge in [0.1, 0.15) is 10.8 Å². The molecule has 0 spiro atoms. The molecule has 0 aliphatic carbocycles. The standard InChI is InChI=1S/C26H32F3N7O4S/c1-15-21(23(41-35-15)34-19-12-30-18(11-31-19)26(27,28)29)22(37)33-17-7-8-20(32-10-17)39-14-16-6-5-9-36(13-16)24(38)40-25(2,3)4/h7-8,10-12,16,24,38H,5-6,9,13-14H2,1-4H3,(H,31,34)(H,33,37). The molecule has 0 bridgehead atoms. The maximum atomic E-state index is 13.0. The van der Waals surface area contributed by atoms with Crippen LogP contribution in [0, 0.1) is 12.8 Å². The van der Waals surface area contributed by atoms with Crippen LogP contribution in [0.1, 0.15) is 55.4 Å². The van der Waals surface area contributed by atoms with Crippen molar-refractivity contribution in [2.45, 2.75) is 58.7 Å².